The molecule has 0 aromatic heterocycles. The maximum absolute atomic E-state index is 12.8. The average Bonchev–Trinajstić information content (AvgIpc) is 3.46. The second kappa shape index (κ2) is 20.0. The first-order chi connectivity index (χ1) is 25.1. The standard InChI is InChI=1S/C36H42N6O10/c1-23(39-32(44)22-50-18-17-49-16-15-38-35(47)51-20-24-9-3-2-4-10-24)33(45)41-42-34(46)30(19-31(37)43)40-36(48)52-21-29-27-13-7-5-11-25(27)26-12-6-8-14-28(26)29/h2-14,23,29-30H,15-22H2,1H3,(H2,37,43)(H,38,47)(H,39,44)(H,40,48)(H,41,45)(H,42,46)/t23-,30-/m0/s1. The lowest BCUT2D eigenvalue weighted by molar-refractivity contribution is -0.134. The highest BCUT2D eigenvalue weighted by Gasteiger charge is 2.30. The Kier molecular flexibility index (Phi) is 14.9. The summed E-state index contributed by atoms with van der Waals surface area (Å²) in [7, 11) is 0. The van der Waals surface area contributed by atoms with Crippen LogP contribution in [0.25, 0.3) is 11.1 Å². The Balaban J connectivity index is 1.09. The Morgan fingerprint density at radius 1 is 0.712 bits per heavy atom. The van der Waals surface area contributed by atoms with E-state index in [1.807, 2.05) is 78.9 Å². The number of rotatable bonds is 18. The molecule has 0 unspecified atom stereocenters. The van der Waals surface area contributed by atoms with Gasteiger partial charge in [0, 0.05) is 12.5 Å². The highest BCUT2D eigenvalue weighted by atomic mass is 16.6. The van der Waals surface area contributed by atoms with Crippen LogP contribution in [0.15, 0.2) is 78.9 Å². The molecule has 7 N–H and O–H groups in total. The lowest BCUT2D eigenvalue weighted by Gasteiger charge is -2.20. The summed E-state index contributed by atoms with van der Waals surface area (Å²) >= 11 is 0. The van der Waals surface area contributed by atoms with Crippen molar-refractivity contribution >= 4 is 35.8 Å². The summed E-state index contributed by atoms with van der Waals surface area (Å²) in [6.45, 7) is 1.75. The molecule has 0 fully saturated rings. The Morgan fingerprint density at radius 3 is 2.00 bits per heavy atom. The van der Waals surface area contributed by atoms with Gasteiger partial charge in [0.1, 0.15) is 31.9 Å². The van der Waals surface area contributed by atoms with Gasteiger partial charge in [-0.15, -0.1) is 0 Å². The van der Waals surface area contributed by atoms with Crippen LogP contribution < -0.4 is 32.5 Å². The van der Waals surface area contributed by atoms with E-state index in [9.17, 15) is 28.8 Å². The zero-order chi connectivity index (χ0) is 37.3. The lowest BCUT2D eigenvalue weighted by atomic mass is 9.98. The van der Waals surface area contributed by atoms with Gasteiger partial charge in [-0.25, -0.2) is 9.59 Å². The number of nitrogens with one attached hydrogen (secondary N) is 5. The summed E-state index contributed by atoms with van der Waals surface area (Å²) in [5.41, 5.74) is 14.5. The molecule has 3 aromatic rings. The van der Waals surface area contributed by atoms with E-state index >= 15 is 0 Å². The summed E-state index contributed by atoms with van der Waals surface area (Å²) in [6, 6.07) is 22.2. The third-order valence-corrected chi connectivity index (χ3v) is 7.77. The van der Waals surface area contributed by atoms with Crippen LogP contribution in [0.4, 0.5) is 9.59 Å². The van der Waals surface area contributed by atoms with Crippen molar-refractivity contribution in [2.24, 2.45) is 5.73 Å². The number of fused-ring (bicyclic) bond motifs is 3. The summed E-state index contributed by atoms with van der Waals surface area (Å²) in [5.74, 6) is -3.46. The van der Waals surface area contributed by atoms with Crippen molar-refractivity contribution in [2.45, 2.75) is 38.0 Å². The number of ether oxygens (including phenoxy) is 4. The van der Waals surface area contributed by atoms with Crippen LogP contribution in [0.2, 0.25) is 0 Å². The molecule has 1 aliphatic carbocycles. The second-order valence-corrected chi connectivity index (χ2v) is 11.6. The summed E-state index contributed by atoms with van der Waals surface area (Å²) in [4.78, 5) is 73.5. The molecule has 16 nitrogen and oxygen atoms in total. The van der Waals surface area contributed by atoms with Crippen LogP contribution >= 0.6 is 0 Å². The maximum atomic E-state index is 12.8. The zero-order valence-electron chi connectivity index (χ0n) is 28.6. The lowest BCUT2D eigenvalue weighted by Crippen LogP contribution is -2.56. The van der Waals surface area contributed by atoms with Gasteiger partial charge in [-0.1, -0.05) is 78.9 Å². The van der Waals surface area contributed by atoms with E-state index in [2.05, 4.69) is 26.8 Å². The van der Waals surface area contributed by atoms with Crippen LogP contribution in [0.1, 0.15) is 36.0 Å². The second-order valence-electron chi connectivity index (χ2n) is 11.6. The van der Waals surface area contributed by atoms with Gasteiger partial charge in [0.25, 0.3) is 11.8 Å². The molecule has 0 spiro atoms. The number of hydrogen-bond donors (Lipinski definition) is 6. The van der Waals surface area contributed by atoms with E-state index < -0.39 is 54.3 Å². The quantitative estimate of drug-likeness (QED) is 0.0819. The molecule has 6 amide bonds. The molecule has 0 saturated carbocycles. The Labute approximate surface area is 300 Å². The van der Waals surface area contributed by atoms with Crippen LogP contribution in [0.3, 0.4) is 0 Å². The first-order valence-corrected chi connectivity index (χ1v) is 16.5. The first kappa shape index (κ1) is 38.8. The van der Waals surface area contributed by atoms with E-state index in [4.69, 9.17) is 24.7 Å². The molecule has 16 heteroatoms. The van der Waals surface area contributed by atoms with Crippen molar-refractivity contribution in [3.05, 3.63) is 95.6 Å². The Bertz CT molecular complexity index is 1660. The normalized spacial score (nSPS) is 12.6. The molecule has 3 aromatic carbocycles. The Morgan fingerprint density at radius 2 is 1.33 bits per heavy atom. The molecule has 0 bridgehead atoms. The van der Waals surface area contributed by atoms with Gasteiger partial charge >= 0.3 is 12.2 Å². The predicted octanol–water partition coefficient (Wildman–Crippen LogP) is 1.38. The molecule has 52 heavy (non-hydrogen) atoms. The van der Waals surface area contributed by atoms with Crippen molar-refractivity contribution in [3.8, 4) is 11.1 Å². The fourth-order valence-electron chi connectivity index (χ4n) is 5.24. The van der Waals surface area contributed by atoms with Gasteiger partial charge < -0.3 is 40.6 Å². The van der Waals surface area contributed by atoms with Gasteiger partial charge in [0.05, 0.1) is 26.2 Å². The summed E-state index contributed by atoms with van der Waals surface area (Å²) in [5, 5.41) is 7.28. The highest BCUT2D eigenvalue weighted by molar-refractivity contribution is 5.93. The topological polar surface area (TPSA) is 226 Å². The monoisotopic (exact) mass is 718 g/mol. The first-order valence-electron chi connectivity index (χ1n) is 16.5. The van der Waals surface area contributed by atoms with Crippen molar-refractivity contribution in [3.63, 3.8) is 0 Å². The van der Waals surface area contributed by atoms with Gasteiger partial charge in [0.15, 0.2) is 0 Å². The third kappa shape index (κ3) is 12.1. The molecular formula is C36H42N6O10. The molecule has 0 heterocycles. The van der Waals surface area contributed by atoms with E-state index in [1.54, 1.807) is 0 Å². The molecule has 1 aliphatic rings. The summed E-state index contributed by atoms with van der Waals surface area (Å²) < 4.78 is 21.1. The van der Waals surface area contributed by atoms with Crippen molar-refractivity contribution in [2.75, 3.05) is 39.6 Å². The van der Waals surface area contributed by atoms with Crippen molar-refractivity contribution in [1.29, 1.82) is 0 Å². The number of primary amides is 1. The number of carbonyl (C=O) groups is 6. The van der Waals surface area contributed by atoms with Gasteiger partial charge in [-0.05, 0) is 34.7 Å². The smallest absolute Gasteiger partial charge is 0.407 e. The van der Waals surface area contributed by atoms with E-state index in [1.165, 1.54) is 6.92 Å². The van der Waals surface area contributed by atoms with E-state index in [-0.39, 0.29) is 52.1 Å². The molecule has 0 saturated heterocycles. The average molecular weight is 719 g/mol. The molecule has 4 rings (SSSR count). The number of amides is 6. The minimum absolute atomic E-state index is 0.0269. The summed E-state index contributed by atoms with van der Waals surface area (Å²) in [6.07, 6.45) is -2.11. The number of carbonyl (C=O) groups excluding carboxylic acids is 6. The van der Waals surface area contributed by atoms with Gasteiger partial charge in [-0.3, -0.25) is 30.0 Å². The van der Waals surface area contributed by atoms with Crippen LogP contribution in [-0.2, 0) is 44.7 Å². The Hall–Kier alpha value is -6.00. The number of benzene rings is 3. The molecular weight excluding hydrogens is 676 g/mol. The van der Waals surface area contributed by atoms with Crippen molar-refractivity contribution < 1.29 is 47.7 Å². The largest absolute Gasteiger partial charge is 0.449 e. The molecule has 2 atom stereocenters. The fraction of sp³-hybridized carbons (Fsp3) is 0.333. The van der Waals surface area contributed by atoms with Crippen LogP contribution in [0.5, 0.6) is 0 Å². The highest BCUT2D eigenvalue weighted by Crippen LogP contribution is 2.44. The minimum atomic E-state index is -1.46. The van der Waals surface area contributed by atoms with Crippen LogP contribution in [0, 0.1) is 0 Å². The molecule has 0 radical (unpaired) electrons. The molecule has 0 aliphatic heterocycles. The number of nitrogens with two attached hydrogens (primary N) is 1. The van der Waals surface area contributed by atoms with Crippen LogP contribution in [-0.4, -0.2) is 87.5 Å². The van der Waals surface area contributed by atoms with E-state index in [0.717, 1.165) is 27.8 Å². The van der Waals surface area contributed by atoms with E-state index in [0.29, 0.717) is 0 Å². The SMILES string of the molecule is C[C@H](NC(=O)COCCOCCNC(=O)OCc1ccccc1)C(=O)NNC(=O)[C@H](CC(N)=O)NC(=O)OCC1c2ccccc2-c2ccccc21. The maximum Gasteiger partial charge on any atom is 0.407 e. The molecule has 276 valence electrons. The predicted molar refractivity (Wildman–Crippen MR) is 186 cm³/mol. The third-order valence-electron chi connectivity index (χ3n) is 7.77. The number of alkyl carbamates (subject to hydrolysis) is 2. The zero-order valence-corrected chi connectivity index (χ0v) is 28.6. The number of hydrazine groups is 1. The fourth-order valence-corrected chi connectivity index (χ4v) is 5.24. The number of hydrogen-bond acceptors (Lipinski definition) is 10. The van der Waals surface area contributed by atoms with Gasteiger partial charge in [0.2, 0.25) is 11.8 Å². The minimum Gasteiger partial charge on any atom is -0.449 e. The van der Waals surface area contributed by atoms with Crippen molar-refractivity contribution in [1.82, 2.24) is 26.8 Å². The van der Waals surface area contributed by atoms with Gasteiger partial charge in [-0.2, -0.15) is 0 Å².